The van der Waals surface area contributed by atoms with Crippen LogP contribution in [0.25, 0.3) is 39.3 Å². The summed E-state index contributed by atoms with van der Waals surface area (Å²) in [4.78, 5) is 24.1. The van der Waals surface area contributed by atoms with Crippen LogP contribution in [0.5, 0.6) is 0 Å². The van der Waals surface area contributed by atoms with Gasteiger partial charge in [-0.3, -0.25) is 14.2 Å². The van der Waals surface area contributed by atoms with Crippen molar-refractivity contribution in [2.24, 2.45) is 0 Å². The van der Waals surface area contributed by atoms with Gasteiger partial charge in [-0.1, -0.05) is 18.6 Å². The lowest BCUT2D eigenvalue weighted by Gasteiger charge is -2.26. The van der Waals surface area contributed by atoms with E-state index in [1.807, 2.05) is 65.3 Å². The number of fused-ring (bicyclic) bond motifs is 1. The monoisotopic (exact) mass is 519 g/mol. The summed E-state index contributed by atoms with van der Waals surface area (Å²) in [5, 5.41) is 3.05. The van der Waals surface area contributed by atoms with Crippen molar-refractivity contribution < 1.29 is 9.18 Å². The molecule has 4 heterocycles. The maximum Gasteiger partial charge on any atom is 0.251 e. The zero-order valence-corrected chi connectivity index (χ0v) is 21.7. The lowest BCUT2D eigenvalue weighted by molar-refractivity contribution is 0.0946. The average Bonchev–Trinajstić information content (AvgIpc) is 3.42. The first-order valence-electron chi connectivity index (χ1n) is 13.4. The van der Waals surface area contributed by atoms with Gasteiger partial charge in [0.1, 0.15) is 11.5 Å². The molecule has 0 atom stereocenters. The number of imidazole rings is 1. The van der Waals surface area contributed by atoms with Crippen molar-refractivity contribution in [3.63, 3.8) is 0 Å². The molecule has 2 aromatic carbocycles. The molecule has 5 aromatic rings. The fourth-order valence-electron chi connectivity index (χ4n) is 5.17. The van der Waals surface area contributed by atoms with Crippen molar-refractivity contribution in [2.75, 3.05) is 26.2 Å². The van der Waals surface area contributed by atoms with Gasteiger partial charge in [0.15, 0.2) is 0 Å². The maximum absolute atomic E-state index is 13.3. The Labute approximate surface area is 227 Å². The summed E-state index contributed by atoms with van der Waals surface area (Å²) in [5.41, 5.74) is 7.08. The topological polar surface area (TPSA) is 62.5 Å². The van der Waals surface area contributed by atoms with Crippen LogP contribution in [-0.2, 0) is 0 Å². The normalized spacial score (nSPS) is 14.0. The molecule has 0 aliphatic carbocycles. The van der Waals surface area contributed by atoms with Gasteiger partial charge in [0.25, 0.3) is 5.91 Å². The van der Waals surface area contributed by atoms with E-state index in [2.05, 4.69) is 20.2 Å². The Hall–Kier alpha value is -4.36. The van der Waals surface area contributed by atoms with Gasteiger partial charge in [0, 0.05) is 42.2 Å². The number of likely N-dealkylation sites (tertiary alicyclic amines) is 1. The number of pyridine rings is 2. The number of aromatic nitrogens is 3. The van der Waals surface area contributed by atoms with Crippen LogP contribution in [0.3, 0.4) is 0 Å². The minimum absolute atomic E-state index is 0.0377. The molecule has 6 rings (SSSR count). The van der Waals surface area contributed by atoms with E-state index in [4.69, 9.17) is 0 Å². The number of halogens is 1. The van der Waals surface area contributed by atoms with Crippen LogP contribution in [0, 0.1) is 5.82 Å². The first kappa shape index (κ1) is 24.9. The first-order chi connectivity index (χ1) is 19.1. The molecule has 1 N–H and O–H groups in total. The summed E-state index contributed by atoms with van der Waals surface area (Å²) >= 11 is 0. The number of piperidine rings is 1. The van der Waals surface area contributed by atoms with E-state index in [1.54, 1.807) is 18.3 Å². The summed E-state index contributed by atoms with van der Waals surface area (Å²) in [5.74, 6) is -0.308. The molecule has 39 heavy (non-hydrogen) atoms. The number of nitrogens with one attached hydrogen (secondary N) is 1. The molecule has 1 saturated heterocycles. The van der Waals surface area contributed by atoms with Crippen molar-refractivity contribution in [3.05, 3.63) is 103 Å². The molecule has 196 valence electrons. The quantitative estimate of drug-likeness (QED) is 0.283. The predicted molar refractivity (Wildman–Crippen MR) is 152 cm³/mol. The van der Waals surface area contributed by atoms with Crippen LogP contribution >= 0.6 is 0 Å². The van der Waals surface area contributed by atoms with Crippen LogP contribution in [0.4, 0.5) is 4.39 Å². The van der Waals surface area contributed by atoms with Gasteiger partial charge < -0.3 is 10.2 Å². The molecule has 0 bridgehead atoms. The molecule has 6 nitrogen and oxygen atoms in total. The number of carbonyl (C=O) groups is 1. The van der Waals surface area contributed by atoms with E-state index in [9.17, 15) is 9.18 Å². The third kappa shape index (κ3) is 5.59. The second-order valence-electron chi connectivity index (χ2n) is 9.96. The van der Waals surface area contributed by atoms with E-state index in [0.717, 1.165) is 58.9 Å². The Balaban J connectivity index is 1.16. The SMILES string of the molecule is O=C(NCCN1CCCCC1)c1ccc(-c2ccn3c(-c4ccnc(-c5ccc(F)cc5)c4)cnc3c2)cc1. The molecule has 0 saturated carbocycles. The summed E-state index contributed by atoms with van der Waals surface area (Å²) < 4.78 is 15.4. The summed E-state index contributed by atoms with van der Waals surface area (Å²) in [6.45, 7) is 3.84. The van der Waals surface area contributed by atoms with Gasteiger partial charge >= 0.3 is 0 Å². The maximum atomic E-state index is 13.3. The van der Waals surface area contributed by atoms with Crippen LogP contribution in [0.15, 0.2) is 91.4 Å². The molecule has 7 heteroatoms. The zero-order chi connectivity index (χ0) is 26.6. The molecule has 0 unspecified atom stereocenters. The van der Waals surface area contributed by atoms with E-state index >= 15 is 0 Å². The molecule has 0 radical (unpaired) electrons. The van der Waals surface area contributed by atoms with E-state index in [1.165, 1.54) is 31.4 Å². The highest BCUT2D eigenvalue weighted by Gasteiger charge is 2.12. The molecular weight excluding hydrogens is 489 g/mol. The standard InChI is InChI=1S/C32H30FN5O/c33-28-10-8-24(9-11-28)29-20-27(12-14-34-29)30-22-36-31-21-26(13-18-38(30)31)23-4-6-25(7-5-23)32(39)35-15-19-37-16-2-1-3-17-37/h4-14,18,20-22H,1-3,15-17,19H2,(H,35,39). The fourth-order valence-corrected chi connectivity index (χ4v) is 5.17. The average molecular weight is 520 g/mol. The Kier molecular flexibility index (Phi) is 7.15. The van der Waals surface area contributed by atoms with Gasteiger partial charge in [0.05, 0.1) is 17.6 Å². The molecule has 0 spiro atoms. The second kappa shape index (κ2) is 11.2. The minimum atomic E-state index is -0.270. The first-order valence-corrected chi connectivity index (χ1v) is 13.4. The second-order valence-corrected chi connectivity index (χ2v) is 9.96. The van der Waals surface area contributed by atoms with Crippen molar-refractivity contribution in [2.45, 2.75) is 19.3 Å². The Morgan fingerprint density at radius 2 is 1.59 bits per heavy atom. The van der Waals surface area contributed by atoms with Crippen molar-refractivity contribution in [3.8, 4) is 33.6 Å². The van der Waals surface area contributed by atoms with Crippen LogP contribution in [0.2, 0.25) is 0 Å². The Bertz CT molecular complexity index is 1590. The highest BCUT2D eigenvalue weighted by Crippen LogP contribution is 2.28. The van der Waals surface area contributed by atoms with Gasteiger partial charge in [-0.05, 0) is 97.7 Å². The van der Waals surface area contributed by atoms with Crippen LogP contribution in [0.1, 0.15) is 29.6 Å². The number of carbonyl (C=O) groups excluding carboxylic acids is 1. The number of hydrogen-bond donors (Lipinski definition) is 1. The van der Waals surface area contributed by atoms with Crippen molar-refractivity contribution in [1.82, 2.24) is 24.6 Å². The van der Waals surface area contributed by atoms with Gasteiger partial charge in [-0.25, -0.2) is 9.37 Å². The lowest BCUT2D eigenvalue weighted by atomic mass is 10.0. The van der Waals surface area contributed by atoms with Crippen LogP contribution < -0.4 is 5.32 Å². The Morgan fingerprint density at radius 3 is 2.38 bits per heavy atom. The number of amides is 1. The van der Waals surface area contributed by atoms with Crippen LogP contribution in [-0.4, -0.2) is 51.4 Å². The molecule has 1 amide bonds. The smallest absolute Gasteiger partial charge is 0.251 e. The summed E-state index contributed by atoms with van der Waals surface area (Å²) in [6.07, 6.45) is 9.43. The van der Waals surface area contributed by atoms with Crippen molar-refractivity contribution in [1.29, 1.82) is 0 Å². The van der Waals surface area contributed by atoms with E-state index in [-0.39, 0.29) is 11.7 Å². The summed E-state index contributed by atoms with van der Waals surface area (Å²) in [6, 6.07) is 22.1. The van der Waals surface area contributed by atoms with Gasteiger partial charge in [-0.2, -0.15) is 0 Å². The fraction of sp³-hybridized carbons (Fsp3) is 0.219. The van der Waals surface area contributed by atoms with E-state index in [0.29, 0.717) is 12.1 Å². The highest BCUT2D eigenvalue weighted by atomic mass is 19.1. The number of rotatable bonds is 7. The molecule has 1 fully saturated rings. The largest absolute Gasteiger partial charge is 0.351 e. The molecule has 1 aliphatic rings. The number of hydrogen-bond acceptors (Lipinski definition) is 4. The Morgan fingerprint density at radius 1 is 0.821 bits per heavy atom. The zero-order valence-electron chi connectivity index (χ0n) is 21.7. The molecule has 3 aromatic heterocycles. The predicted octanol–water partition coefficient (Wildman–Crippen LogP) is 6.09. The number of nitrogens with zero attached hydrogens (tertiary/aromatic N) is 4. The highest BCUT2D eigenvalue weighted by molar-refractivity contribution is 5.94. The van der Waals surface area contributed by atoms with E-state index < -0.39 is 0 Å². The molecule has 1 aliphatic heterocycles. The lowest BCUT2D eigenvalue weighted by Crippen LogP contribution is -2.37. The number of benzene rings is 2. The molecular formula is C32H30FN5O. The minimum Gasteiger partial charge on any atom is -0.351 e. The third-order valence-electron chi connectivity index (χ3n) is 7.35. The van der Waals surface area contributed by atoms with Crippen molar-refractivity contribution >= 4 is 11.6 Å². The van der Waals surface area contributed by atoms with Gasteiger partial charge in [-0.15, -0.1) is 0 Å². The summed E-state index contributed by atoms with van der Waals surface area (Å²) in [7, 11) is 0. The van der Waals surface area contributed by atoms with Gasteiger partial charge in [0.2, 0.25) is 0 Å². The third-order valence-corrected chi connectivity index (χ3v) is 7.35.